The summed E-state index contributed by atoms with van der Waals surface area (Å²) in [6.07, 6.45) is 0. The molecule has 41 valence electrons. The van der Waals surface area contributed by atoms with Gasteiger partial charge in [-0.15, -0.1) is 0 Å². The summed E-state index contributed by atoms with van der Waals surface area (Å²) in [7, 11) is -4.33. The van der Waals surface area contributed by atoms with E-state index in [2.05, 4.69) is 0 Å². The molecule has 0 spiro atoms. The summed E-state index contributed by atoms with van der Waals surface area (Å²) >= 11 is 0. The Morgan fingerprint density at radius 2 is 1.71 bits per heavy atom. The van der Waals surface area contributed by atoms with E-state index in [9.17, 15) is 12.8 Å². The van der Waals surface area contributed by atoms with Gasteiger partial charge in [0, 0.05) is 25.8 Å². The van der Waals surface area contributed by atoms with Crippen molar-refractivity contribution in [3.05, 3.63) is 0 Å². The average molecular weight is 159 g/mol. The van der Waals surface area contributed by atoms with Gasteiger partial charge in [0.1, 0.15) is 0 Å². The van der Waals surface area contributed by atoms with Crippen LogP contribution in [0.3, 0.4) is 0 Å². The van der Waals surface area contributed by atoms with Crippen molar-refractivity contribution in [2.24, 2.45) is 0 Å². The number of hydrogen-bond donors (Lipinski definition) is 1. The van der Waals surface area contributed by atoms with Gasteiger partial charge < -0.3 is 0 Å². The van der Waals surface area contributed by atoms with Crippen LogP contribution in [0.4, 0.5) is 4.39 Å². The molecule has 0 atom stereocenters. The Kier molecular flexibility index (Phi) is 5.60. The van der Waals surface area contributed by atoms with Gasteiger partial charge in [-0.05, 0) is 0 Å². The molecule has 0 unspecified atom stereocenters. The Balaban J connectivity index is 0. The summed E-state index contributed by atoms with van der Waals surface area (Å²) in [5.74, 6) is 0. The number of alkyl halides is 1. The summed E-state index contributed by atoms with van der Waals surface area (Å²) < 4.78 is 36.4. The molecule has 0 aliphatic heterocycles. The first kappa shape index (κ1) is 10.6. The predicted molar refractivity (Wildman–Crippen MR) is 17.5 cm³/mol. The van der Waals surface area contributed by atoms with Crippen molar-refractivity contribution in [1.29, 1.82) is 0 Å². The maximum atomic E-state index is 10.7. The SMILES string of the molecule is O=S(=O)(O)CF.[Sc]. The summed E-state index contributed by atoms with van der Waals surface area (Å²) in [5.41, 5.74) is 0. The fourth-order valence-electron chi connectivity index (χ4n) is 0. The molecule has 0 aromatic carbocycles. The minimum Gasteiger partial charge on any atom is -0.284 e. The smallest absolute Gasteiger partial charge is 0.284 e. The maximum Gasteiger partial charge on any atom is 0.294 e. The molecule has 0 heterocycles. The minimum atomic E-state index is -4.33. The van der Waals surface area contributed by atoms with E-state index in [1.54, 1.807) is 0 Å². The number of rotatable bonds is 1. The molecule has 0 fully saturated rings. The fourth-order valence-corrected chi connectivity index (χ4v) is 0. The van der Waals surface area contributed by atoms with E-state index in [1.165, 1.54) is 0 Å². The molecule has 1 N–H and O–H groups in total. The molecular formula is CH3FO3SSc. The Morgan fingerprint density at radius 1 is 1.57 bits per heavy atom. The Hall–Kier alpha value is 0.710. The normalized spacial score (nSPS) is 10.0. The van der Waals surface area contributed by atoms with Crippen LogP contribution in [-0.4, -0.2) is 19.0 Å². The zero-order chi connectivity index (χ0) is 5.21. The Morgan fingerprint density at radius 3 is 1.71 bits per heavy atom. The van der Waals surface area contributed by atoms with Gasteiger partial charge in [-0.2, -0.15) is 8.42 Å². The topological polar surface area (TPSA) is 54.4 Å². The number of hydrogen-bond acceptors (Lipinski definition) is 2. The molecule has 0 aromatic rings. The molecule has 0 amide bonds. The van der Waals surface area contributed by atoms with Crippen LogP contribution in [0.1, 0.15) is 0 Å². The third kappa shape index (κ3) is 10.8. The first-order chi connectivity index (χ1) is 2.56. The Bertz CT molecular complexity index is 117. The average Bonchev–Trinajstić information content (AvgIpc) is 1.35. The van der Waals surface area contributed by atoms with Crippen LogP contribution >= 0.6 is 0 Å². The molecule has 0 saturated heterocycles. The van der Waals surface area contributed by atoms with E-state index < -0.39 is 16.1 Å². The number of halogens is 1. The van der Waals surface area contributed by atoms with Crippen molar-refractivity contribution in [2.75, 3.05) is 6.01 Å². The maximum absolute atomic E-state index is 10.7. The summed E-state index contributed by atoms with van der Waals surface area (Å²) in [4.78, 5) is 0. The molecule has 3 nitrogen and oxygen atoms in total. The minimum absolute atomic E-state index is 0. The van der Waals surface area contributed by atoms with Gasteiger partial charge in [0.25, 0.3) is 10.1 Å². The molecule has 0 aliphatic rings. The fraction of sp³-hybridized carbons (Fsp3) is 1.00. The van der Waals surface area contributed by atoms with Crippen molar-refractivity contribution in [2.45, 2.75) is 0 Å². The zero-order valence-corrected chi connectivity index (χ0v) is 5.95. The molecule has 6 heteroatoms. The van der Waals surface area contributed by atoms with Crippen molar-refractivity contribution < 1.29 is 43.2 Å². The van der Waals surface area contributed by atoms with Crippen LogP contribution in [0.25, 0.3) is 0 Å². The van der Waals surface area contributed by atoms with E-state index in [-0.39, 0.29) is 25.8 Å². The largest absolute Gasteiger partial charge is 0.294 e. The summed E-state index contributed by atoms with van der Waals surface area (Å²) in [6, 6.07) is -1.70. The molecule has 1 radical (unpaired) electrons. The molecule has 0 rings (SSSR count). The third-order valence-corrected chi connectivity index (χ3v) is 0.414. The monoisotopic (exact) mass is 159 g/mol. The third-order valence-electron chi connectivity index (χ3n) is 0.138. The van der Waals surface area contributed by atoms with Crippen molar-refractivity contribution in [3.63, 3.8) is 0 Å². The second-order valence-corrected chi connectivity index (χ2v) is 2.07. The van der Waals surface area contributed by atoms with Crippen LogP contribution in [0.15, 0.2) is 0 Å². The molecule has 0 aliphatic carbocycles. The standard InChI is InChI=1S/CH3FO3S.Sc/c2-1-6(3,4)5;/h1H2,(H,3,4,5);. The summed E-state index contributed by atoms with van der Waals surface area (Å²) in [5, 5.41) is 0. The second-order valence-electron chi connectivity index (χ2n) is 0.691. The first-order valence-corrected chi connectivity index (χ1v) is 2.68. The molecule has 7 heavy (non-hydrogen) atoms. The van der Waals surface area contributed by atoms with Crippen LogP contribution in [0.5, 0.6) is 0 Å². The second kappa shape index (κ2) is 3.68. The van der Waals surface area contributed by atoms with Gasteiger partial charge >= 0.3 is 0 Å². The van der Waals surface area contributed by atoms with Gasteiger partial charge in [-0.3, -0.25) is 4.55 Å². The van der Waals surface area contributed by atoms with Gasteiger partial charge in [0.2, 0.25) is 6.01 Å². The van der Waals surface area contributed by atoms with E-state index >= 15 is 0 Å². The van der Waals surface area contributed by atoms with Gasteiger partial charge in [0.05, 0.1) is 0 Å². The van der Waals surface area contributed by atoms with E-state index in [4.69, 9.17) is 4.55 Å². The molecular weight excluding hydrogens is 156 g/mol. The van der Waals surface area contributed by atoms with E-state index in [0.717, 1.165) is 0 Å². The quantitative estimate of drug-likeness (QED) is 0.539. The predicted octanol–water partition coefficient (Wildman–Crippen LogP) is -0.201. The van der Waals surface area contributed by atoms with Crippen LogP contribution in [0, 0.1) is 0 Å². The summed E-state index contributed by atoms with van der Waals surface area (Å²) in [6.45, 7) is 0. The van der Waals surface area contributed by atoms with Crippen LogP contribution < -0.4 is 0 Å². The van der Waals surface area contributed by atoms with Crippen molar-refractivity contribution in [1.82, 2.24) is 0 Å². The van der Waals surface area contributed by atoms with Crippen LogP contribution in [0.2, 0.25) is 0 Å². The van der Waals surface area contributed by atoms with Crippen molar-refractivity contribution >= 4 is 10.1 Å². The molecule has 0 saturated carbocycles. The molecule has 0 bridgehead atoms. The van der Waals surface area contributed by atoms with Gasteiger partial charge in [-0.25, -0.2) is 4.39 Å². The zero-order valence-electron chi connectivity index (χ0n) is 3.33. The van der Waals surface area contributed by atoms with E-state index in [1.807, 2.05) is 0 Å². The van der Waals surface area contributed by atoms with Gasteiger partial charge in [0.15, 0.2) is 0 Å². The molecule has 0 aromatic heterocycles. The van der Waals surface area contributed by atoms with Gasteiger partial charge in [-0.1, -0.05) is 0 Å². The van der Waals surface area contributed by atoms with Crippen molar-refractivity contribution in [3.8, 4) is 0 Å². The Labute approximate surface area is 59.4 Å². The first-order valence-electron chi connectivity index (χ1n) is 1.07. The van der Waals surface area contributed by atoms with E-state index in [0.29, 0.717) is 0 Å². The van der Waals surface area contributed by atoms with Crippen LogP contribution in [-0.2, 0) is 36.0 Å².